The first-order chi connectivity index (χ1) is 5.60. The summed E-state index contributed by atoms with van der Waals surface area (Å²) >= 11 is 0. The van der Waals surface area contributed by atoms with Crippen LogP contribution in [0.15, 0.2) is 0 Å². The number of hydrogen-bond donors (Lipinski definition) is 2. The van der Waals surface area contributed by atoms with Crippen LogP contribution >= 0.6 is 0 Å². The standard InChI is InChI=1S/C9H16N2O/c1-4-7-11-8(12)9(10,5-2)6-3/h1H,5-7,10H2,2-3H3,(H,11,12). The van der Waals surface area contributed by atoms with Gasteiger partial charge in [-0.15, -0.1) is 6.42 Å². The number of rotatable bonds is 4. The van der Waals surface area contributed by atoms with Gasteiger partial charge in [0.15, 0.2) is 0 Å². The van der Waals surface area contributed by atoms with Gasteiger partial charge in [-0.05, 0) is 12.8 Å². The van der Waals surface area contributed by atoms with Crippen molar-refractivity contribution in [2.24, 2.45) is 5.73 Å². The fourth-order valence-corrected chi connectivity index (χ4v) is 0.878. The lowest BCUT2D eigenvalue weighted by atomic mass is 9.93. The quantitative estimate of drug-likeness (QED) is 0.591. The van der Waals surface area contributed by atoms with E-state index in [2.05, 4.69) is 11.2 Å². The number of nitrogens with one attached hydrogen (secondary N) is 1. The molecular formula is C9H16N2O. The van der Waals surface area contributed by atoms with Crippen molar-refractivity contribution in [3.8, 4) is 12.3 Å². The highest BCUT2D eigenvalue weighted by Crippen LogP contribution is 2.10. The van der Waals surface area contributed by atoms with Crippen LogP contribution in [-0.2, 0) is 4.79 Å². The molecule has 68 valence electrons. The Morgan fingerprint density at radius 3 is 2.42 bits per heavy atom. The van der Waals surface area contributed by atoms with Gasteiger partial charge in [-0.1, -0.05) is 19.8 Å². The average Bonchev–Trinajstić information content (AvgIpc) is 2.12. The van der Waals surface area contributed by atoms with Gasteiger partial charge in [0.25, 0.3) is 0 Å². The van der Waals surface area contributed by atoms with E-state index < -0.39 is 5.54 Å². The summed E-state index contributed by atoms with van der Waals surface area (Å²) in [7, 11) is 0. The second-order valence-corrected chi connectivity index (χ2v) is 2.75. The topological polar surface area (TPSA) is 55.1 Å². The molecule has 0 saturated heterocycles. The molecule has 0 spiro atoms. The zero-order valence-corrected chi connectivity index (χ0v) is 7.68. The Kier molecular flexibility index (Phi) is 4.38. The van der Waals surface area contributed by atoms with Crippen LogP contribution in [-0.4, -0.2) is 18.0 Å². The largest absolute Gasteiger partial charge is 0.344 e. The molecule has 3 nitrogen and oxygen atoms in total. The maximum atomic E-state index is 11.4. The van der Waals surface area contributed by atoms with E-state index >= 15 is 0 Å². The van der Waals surface area contributed by atoms with E-state index in [9.17, 15) is 4.79 Å². The van der Waals surface area contributed by atoms with Gasteiger partial charge in [-0.3, -0.25) is 4.79 Å². The normalized spacial score (nSPS) is 10.5. The van der Waals surface area contributed by atoms with Crippen LogP contribution in [0, 0.1) is 12.3 Å². The number of amides is 1. The van der Waals surface area contributed by atoms with Crippen molar-refractivity contribution in [1.82, 2.24) is 5.32 Å². The summed E-state index contributed by atoms with van der Waals surface area (Å²) in [5.41, 5.74) is 5.05. The summed E-state index contributed by atoms with van der Waals surface area (Å²) < 4.78 is 0. The summed E-state index contributed by atoms with van der Waals surface area (Å²) in [5, 5.41) is 2.57. The van der Waals surface area contributed by atoms with E-state index in [4.69, 9.17) is 12.2 Å². The maximum Gasteiger partial charge on any atom is 0.240 e. The average molecular weight is 168 g/mol. The third-order valence-corrected chi connectivity index (χ3v) is 2.07. The molecule has 1 amide bonds. The molecule has 0 aliphatic heterocycles. The Morgan fingerprint density at radius 2 is 2.08 bits per heavy atom. The van der Waals surface area contributed by atoms with Crippen molar-refractivity contribution in [3.63, 3.8) is 0 Å². The van der Waals surface area contributed by atoms with E-state index in [0.29, 0.717) is 12.8 Å². The Hall–Kier alpha value is -1.01. The number of hydrogen-bond acceptors (Lipinski definition) is 2. The van der Waals surface area contributed by atoms with E-state index in [1.54, 1.807) is 0 Å². The summed E-state index contributed by atoms with van der Waals surface area (Å²) in [6.45, 7) is 4.02. The van der Waals surface area contributed by atoms with Gasteiger partial charge < -0.3 is 11.1 Å². The molecule has 0 unspecified atom stereocenters. The second kappa shape index (κ2) is 4.78. The molecule has 3 N–H and O–H groups in total. The molecule has 12 heavy (non-hydrogen) atoms. The van der Waals surface area contributed by atoms with E-state index in [-0.39, 0.29) is 12.5 Å². The van der Waals surface area contributed by atoms with Crippen LogP contribution in [0.2, 0.25) is 0 Å². The highest BCUT2D eigenvalue weighted by Gasteiger charge is 2.28. The van der Waals surface area contributed by atoms with Gasteiger partial charge in [0.05, 0.1) is 12.1 Å². The van der Waals surface area contributed by atoms with E-state index in [1.165, 1.54) is 0 Å². The molecule has 0 aromatic carbocycles. The van der Waals surface area contributed by atoms with E-state index in [0.717, 1.165) is 0 Å². The molecule has 0 bridgehead atoms. The molecule has 0 aromatic rings. The molecule has 0 aromatic heterocycles. The van der Waals surface area contributed by atoms with Crippen LogP contribution in [0.3, 0.4) is 0 Å². The molecule has 0 saturated carbocycles. The Balaban J connectivity index is 4.14. The highest BCUT2D eigenvalue weighted by molar-refractivity contribution is 5.86. The minimum Gasteiger partial charge on any atom is -0.344 e. The monoisotopic (exact) mass is 168 g/mol. The van der Waals surface area contributed by atoms with Crippen molar-refractivity contribution >= 4 is 5.91 Å². The first-order valence-electron chi connectivity index (χ1n) is 4.11. The molecule has 0 atom stereocenters. The van der Waals surface area contributed by atoms with Gasteiger partial charge in [0.1, 0.15) is 0 Å². The molecule has 3 heteroatoms. The molecule has 0 aliphatic carbocycles. The van der Waals surface area contributed by atoms with Crippen molar-refractivity contribution in [2.45, 2.75) is 32.2 Å². The van der Waals surface area contributed by atoms with Crippen molar-refractivity contribution < 1.29 is 4.79 Å². The lowest BCUT2D eigenvalue weighted by molar-refractivity contribution is -0.126. The summed E-state index contributed by atoms with van der Waals surface area (Å²) in [5.74, 6) is 2.17. The first kappa shape index (κ1) is 11.0. The summed E-state index contributed by atoms with van der Waals surface area (Å²) in [6, 6.07) is 0. The Labute approximate surface area is 73.7 Å². The molecule has 0 aliphatic rings. The smallest absolute Gasteiger partial charge is 0.240 e. The molecule has 0 heterocycles. The van der Waals surface area contributed by atoms with Crippen molar-refractivity contribution in [3.05, 3.63) is 0 Å². The molecule has 0 rings (SSSR count). The Morgan fingerprint density at radius 1 is 1.58 bits per heavy atom. The summed E-state index contributed by atoms with van der Waals surface area (Å²) in [6.07, 6.45) is 6.25. The minimum atomic E-state index is -0.753. The van der Waals surface area contributed by atoms with Crippen molar-refractivity contribution in [1.29, 1.82) is 0 Å². The fourth-order valence-electron chi connectivity index (χ4n) is 0.878. The van der Waals surface area contributed by atoms with Gasteiger partial charge in [0.2, 0.25) is 5.91 Å². The van der Waals surface area contributed by atoms with Crippen LogP contribution in [0.4, 0.5) is 0 Å². The van der Waals surface area contributed by atoms with Crippen LogP contribution < -0.4 is 11.1 Å². The summed E-state index contributed by atoms with van der Waals surface area (Å²) in [4.78, 5) is 11.4. The predicted molar refractivity (Wildman–Crippen MR) is 49.3 cm³/mol. The molecular weight excluding hydrogens is 152 g/mol. The first-order valence-corrected chi connectivity index (χ1v) is 4.11. The number of carbonyl (C=O) groups excluding carboxylic acids is 1. The zero-order chi connectivity index (χ0) is 9.61. The van der Waals surface area contributed by atoms with Crippen molar-refractivity contribution in [2.75, 3.05) is 6.54 Å². The van der Waals surface area contributed by atoms with Gasteiger partial charge >= 0.3 is 0 Å². The SMILES string of the molecule is C#CCNC(=O)C(N)(CC)CC. The maximum absolute atomic E-state index is 11.4. The zero-order valence-electron chi connectivity index (χ0n) is 7.68. The number of terminal acetylenes is 1. The van der Waals surface area contributed by atoms with Gasteiger partial charge in [-0.25, -0.2) is 0 Å². The third kappa shape index (κ3) is 2.55. The third-order valence-electron chi connectivity index (χ3n) is 2.07. The van der Waals surface area contributed by atoms with E-state index in [1.807, 2.05) is 13.8 Å². The highest BCUT2D eigenvalue weighted by atomic mass is 16.2. The fraction of sp³-hybridized carbons (Fsp3) is 0.667. The van der Waals surface area contributed by atoms with Crippen LogP contribution in [0.25, 0.3) is 0 Å². The predicted octanol–water partition coefficient (Wildman–Crippen LogP) is 0.253. The van der Waals surface area contributed by atoms with Gasteiger partial charge in [-0.2, -0.15) is 0 Å². The second-order valence-electron chi connectivity index (χ2n) is 2.75. The van der Waals surface area contributed by atoms with Crippen LogP contribution in [0.1, 0.15) is 26.7 Å². The lowest BCUT2D eigenvalue weighted by Gasteiger charge is -2.24. The lowest BCUT2D eigenvalue weighted by Crippen LogP contribution is -2.53. The number of nitrogens with two attached hydrogens (primary N) is 1. The number of carbonyl (C=O) groups is 1. The molecule has 0 fully saturated rings. The minimum absolute atomic E-state index is 0.162. The molecule has 0 radical (unpaired) electrons. The Bertz CT molecular complexity index is 189. The van der Waals surface area contributed by atoms with Gasteiger partial charge in [0, 0.05) is 0 Å². The van der Waals surface area contributed by atoms with Crippen LogP contribution in [0.5, 0.6) is 0 Å².